The van der Waals surface area contributed by atoms with Crippen LogP contribution in [0, 0.1) is 0 Å². The van der Waals surface area contributed by atoms with Gasteiger partial charge in [-0.25, -0.2) is 0 Å². The molecule has 0 unspecified atom stereocenters. The lowest BCUT2D eigenvalue weighted by Crippen LogP contribution is -2.18. The van der Waals surface area contributed by atoms with Gasteiger partial charge in [-0.15, -0.1) is 11.3 Å². The summed E-state index contributed by atoms with van der Waals surface area (Å²) in [5, 5.41) is 1.39. The third kappa shape index (κ3) is 4.41. The van der Waals surface area contributed by atoms with E-state index < -0.39 is 0 Å². The van der Waals surface area contributed by atoms with Gasteiger partial charge in [-0.3, -0.25) is 0 Å². The Kier molecular flexibility index (Phi) is 6.65. The van der Waals surface area contributed by atoms with Crippen LogP contribution < -0.4 is 4.90 Å². The first-order valence-corrected chi connectivity index (χ1v) is 20.4. The zero-order valence-electron chi connectivity index (χ0n) is 32.3. The Balaban J connectivity index is 1.07. The predicted octanol–water partition coefficient (Wildman–Crippen LogP) is 15.0. The first-order chi connectivity index (χ1) is 26.5. The van der Waals surface area contributed by atoms with Crippen LogP contribution in [0.15, 0.2) is 152 Å². The molecule has 11 rings (SSSR count). The van der Waals surface area contributed by atoms with E-state index in [1.165, 1.54) is 98.7 Å². The zero-order chi connectivity index (χ0) is 37.4. The second-order valence-corrected chi connectivity index (χ2v) is 18.4. The van der Waals surface area contributed by atoms with Crippen molar-refractivity contribution < 1.29 is 0 Å². The second kappa shape index (κ2) is 11.2. The Bertz CT molecular complexity index is 2790. The van der Waals surface area contributed by atoms with E-state index in [4.69, 9.17) is 0 Å². The quantitative estimate of drug-likeness (QED) is 0.175. The van der Waals surface area contributed by atoms with Gasteiger partial charge in [0.25, 0.3) is 0 Å². The molecular formula is C53H43NS. The second-order valence-electron chi connectivity index (χ2n) is 17.3. The Morgan fingerprint density at radius 3 is 1.51 bits per heavy atom. The summed E-state index contributed by atoms with van der Waals surface area (Å²) in [6, 6.07) is 57.3. The molecule has 55 heavy (non-hydrogen) atoms. The minimum atomic E-state index is -0.0913. The summed E-state index contributed by atoms with van der Waals surface area (Å²) in [6.45, 7) is 14.3. The molecule has 0 fully saturated rings. The SMILES string of the molecule is CC1(C)c2ccccc2-c2ccc(N(c3ccc(-c4cccc5c4-c4sc6ccccc6c4C5(C)C)cc3)c3ccc4c(c3)C(C)(C)c3ccccc3-4)cc21. The van der Waals surface area contributed by atoms with Crippen LogP contribution in [0.1, 0.15) is 74.9 Å². The van der Waals surface area contributed by atoms with Gasteiger partial charge in [0.1, 0.15) is 0 Å². The molecule has 0 bridgehead atoms. The van der Waals surface area contributed by atoms with Gasteiger partial charge < -0.3 is 4.90 Å². The molecule has 0 spiro atoms. The maximum Gasteiger partial charge on any atom is 0.0465 e. The van der Waals surface area contributed by atoms with E-state index >= 15 is 0 Å². The third-order valence-corrected chi connectivity index (χ3v) is 14.5. The largest absolute Gasteiger partial charge is 0.310 e. The number of hydrogen-bond acceptors (Lipinski definition) is 2. The van der Waals surface area contributed by atoms with Gasteiger partial charge in [0, 0.05) is 48.4 Å². The summed E-state index contributed by atoms with van der Waals surface area (Å²) < 4.78 is 1.37. The highest BCUT2D eigenvalue weighted by molar-refractivity contribution is 7.22. The number of fused-ring (bicyclic) bond motifs is 11. The van der Waals surface area contributed by atoms with Crippen molar-refractivity contribution in [2.45, 2.75) is 57.8 Å². The molecule has 1 nitrogen and oxygen atoms in total. The fourth-order valence-electron chi connectivity index (χ4n) is 10.4. The maximum absolute atomic E-state index is 2.48. The lowest BCUT2D eigenvalue weighted by Gasteiger charge is -2.30. The maximum atomic E-state index is 2.48. The molecule has 0 N–H and O–H groups in total. The van der Waals surface area contributed by atoms with Gasteiger partial charge in [-0.05, 0) is 115 Å². The normalized spacial score (nSPS) is 15.9. The summed E-state index contributed by atoms with van der Waals surface area (Å²) in [7, 11) is 0. The fraction of sp³-hybridized carbons (Fsp3) is 0.170. The summed E-state index contributed by atoms with van der Waals surface area (Å²) in [4.78, 5) is 3.90. The van der Waals surface area contributed by atoms with E-state index in [0.29, 0.717) is 0 Å². The molecule has 2 heteroatoms. The molecule has 0 amide bonds. The number of benzene rings is 7. The van der Waals surface area contributed by atoms with Crippen LogP contribution in [-0.4, -0.2) is 0 Å². The van der Waals surface area contributed by atoms with Crippen LogP contribution in [0.3, 0.4) is 0 Å². The topological polar surface area (TPSA) is 3.24 Å². The van der Waals surface area contributed by atoms with E-state index in [9.17, 15) is 0 Å². The van der Waals surface area contributed by atoms with Crippen molar-refractivity contribution in [3.8, 4) is 43.8 Å². The summed E-state index contributed by atoms with van der Waals surface area (Å²) in [5.41, 5.74) is 21.1. The average molecular weight is 726 g/mol. The van der Waals surface area contributed by atoms with Crippen LogP contribution in [0.4, 0.5) is 17.1 Å². The molecule has 0 radical (unpaired) electrons. The highest BCUT2D eigenvalue weighted by Crippen LogP contribution is 2.58. The predicted molar refractivity (Wildman–Crippen MR) is 235 cm³/mol. The van der Waals surface area contributed by atoms with Gasteiger partial charge in [0.15, 0.2) is 0 Å². The van der Waals surface area contributed by atoms with E-state index in [0.717, 1.165) is 5.69 Å². The summed E-state index contributed by atoms with van der Waals surface area (Å²) >= 11 is 1.94. The minimum Gasteiger partial charge on any atom is -0.310 e. The fourth-order valence-corrected chi connectivity index (χ4v) is 11.9. The Labute approximate surface area is 328 Å². The number of anilines is 3. The number of thiophene rings is 1. The van der Waals surface area contributed by atoms with E-state index in [1.807, 2.05) is 11.3 Å². The molecule has 7 aromatic carbocycles. The first-order valence-electron chi connectivity index (χ1n) is 19.6. The first kappa shape index (κ1) is 32.7. The molecule has 0 saturated heterocycles. The average Bonchev–Trinajstić information content (AvgIpc) is 3.85. The lowest BCUT2D eigenvalue weighted by molar-refractivity contribution is 0.660. The van der Waals surface area contributed by atoms with Gasteiger partial charge in [-0.1, -0.05) is 151 Å². The van der Waals surface area contributed by atoms with Gasteiger partial charge >= 0.3 is 0 Å². The molecular weight excluding hydrogens is 683 g/mol. The lowest BCUT2D eigenvalue weighted by atomic mass is 9.81. The van der Waals surface area contributed by atoms with Gasteiger partial charge in [0.2, 0.25) is 0 Å². The molecule has 266 valence electrons. The van der Waals surface area contributed by atoms with Crippen LogP contribution in [0.5, 0.6) is 0 Å². The molecule has 3 aliphatic rings. The van der Waals surface area contributed by atoms with Crippen molar-refractivity contribution in [3.05, 3.63) is 185 Å². The van der Waals surface area contributed by atoms with Gasteiger partial charge in [0.05, 0.1) is 0 Å². The monoisotopic (exact) mass is 725 g/mol. The smallest absolute Gasteiger partial charge is 0.0465 e. The van der Waals surface area contributed by atoms with Crippen LogP contribution in [0.25, 0.3) is 53.9 Å². The number of rotatable bonds is 4. The van der Waals surface area contributed by atoms with Crippen LogP contribution in [-0.2, 0) is 16.2 Å². The highest BCUT2D eigenvalue weighted by Gasteiger charge is 2.41. The third-order valence-electron chi connectivity index (χ3n) is 13.3. The van der Waals surface area contributed by atoms with Crippen LogP contribution >= 0.6 is 11.3 Å². The van der Waals surface area contributed by atoms with Crippen molar-refractivity contribution in [2.75, 3.05) is 4.90 Å². The molecule has 1 aromatic heterocycles. The van der Waals surface area contributed by atoms with Crippen molar-refractivity contribution in [1.82, 2.24) is 0 Å². The Hall–Kier alpha value is -5.70. The minimum absolute atomic E-state index is 0.0565. The van der Waals surface area contributed by atoms with E-state index in [2.05, 4.69) is 198 Å². The molecule has 0 atom stereocenters. The van der Waals surface area contributed by atoms with Crippen molar-refractivity contribution in [1.29, 1.82) is 0 Å². The number of nitrogens with zero attached hydrogens (tertiary/aromatic N) is 1. The van der Waals surface area contributed by atoms with E-state index in [1.54, 1.807) is 0 Å². The van der Waals surface area contributed by atoms with Gasteiger partial charge in [-0.2, -0.15) is 0 Å². The molecule has 0 aliphatic heterocycles. The molecule has 3 aliphatic carbocycles. The zero-order valence-corrected chi connectivity index (χ0v) is 33.1. The van der Waals surface area contributed by atoms with Crippen molar-refractivity contribution in [3.63, 3.8) is 0 Å². The Morgan fingerprint density at radius 1 is 0.400 bits per heavy atom. The Morgan fingerprint density at radius 2 is 0.891 bits per heavy atom. The molecule has 1 heterocycles. The molecule has 8 aromatic rings. The van der Waals surface area contributed by atoms with Crippen molar-refractivity contribution in [2.24, 2.45) is 0 Å². The van der Waals surface area contributed by atoms with E-state index in [-0.39, 0.29) is 16.2 Å². The standard InChI is InChI=1S/C53H43NS/c1-51(2)42-18-10-7-14-37(42)39-28-26-34(30-45(39)51)54(35-27-29-40-38-15-8-11-19-43(38)52(3,4)46(40)31-35)33-24-22-32(23-25-33)36-17-13-20-44-48(36)50-49(53(44,5)6)41-16-9-12-21-47(41)55-50/h7-31H,1-6H3. The molecule has 0 saturated carbocycles. The summed E-state index contributed by atoms with van der Waals surface area (Å²) in [6.07, 6.45) is 0. The van der Waals surface area contributed by atoms with Crippen molar-refractivity contribution >= 4 is 38.5 Å². The summed E-state index contributed by atoms with van der Waals surface area (Å²) in [5.74, 6) is 0. The number of hydrogen-bond donors (Lipinski definition) is 0. The van der Waals surface area contributed by atoms with Crippen LogP contribution in [0.2, 0.25) is 0 Å². The highest BCUT2D eigenvalue weighted by atomic mass is 32.1.